The molecule has 8 nitrogen and oxygen atoms in total. The number of rotatable bonds is 6. The van der Waals surface area contributed by atoms with Gasteiger partial charge in [-0.25, -0.2) is 14.8 Å². The normalized spacial score (nSPS) is 10.9. The summed E-state index contributed by atoms with van der Waals surface area (Å²) in [6, 6.07) is 12.6. The number of thiophene rings is 1. The number of aromatic carboxylic acids is 1. The molecule has 0 aliphatic rings. The van der Waals surface area contributed by atoms with Gasteiger partial charge < -0.3 is 10.4 Å². The van der Waals surface area contributed by atoms with E-state index in [4.69, 9.17) is 16.7 Å². The minimum atomic E-state index is -1.01. The Labute approximate surface area is 185 Å². The van der Waals surface area contributed by atoms with E-state index in [-0.39, 0.29) is 11.3 Å². The minimum absolute atomic E-state index is 0.00996. The summed E-state index contributed by atoms with van der Waals surface area (Å²) in [6.45, 7) is 2.19. The molecule has 0 radical (unpaired) electrons. The Balaban J connectivity index is 1.73. The van der Waals surface area contributed by atoms with Gasteiger partial charge in [-0.15, -0.1) is 11.3 Å². The number of anilines is 1. The van der Waals surface area contributed by atoms with Gasteiger partial charge >= 0.3 is 5.97 Å². The minimum Gasteiger partial charge on any atom is -0.478 e. The van der Waals surface area contributed by atoms with Crippen LogP contribution in [0.3, 0.4) is 0 Å². The van der Waals surface area contributed by atoms with Crippen LogP contribution in [0, 0.1) is 17.0 Å². The molecule has 0 saturated heterocycles. The van der Waals surface area contributed by atoms with Gasteiger partial charge in [0.1, 0.15) is 10.6 Å². The van der Waals surface area contributed by atoms with Crippen LogP contribution in [0.15, 0.2) is 48.5 Å². The van der Waals surface area contributed by atoms with Crippen molar-refractivity contribution in [1.29, 1.82) is 0 Å². The summed E-state index contributed by atoms with van der Waals surface area (Å²) in [5, 5.41) is 24.6. The van der Waals surface area contributed by atoms with E-state index in [0.29, 0.717) is 39.0 Å². The number of nitrogens with one attached hydrogen (secondary N) is 1. The second-order valence-corrected chi connectivity index (χ2v) is 8.29. The number of nitrogens with zero attached hydrogens (tertiary/aromatic N) is 3. The second kappa shape index (κ2) is 8.29. The topological polar surface area (TPSA) is 118 Å². The zero-order valence-corrected chi connectivity index (χ0v) is 17.7. The molecule has 0 aliphatic heterocycles. The third-order valence-electron chi connectivity index (χ3n) is 4.63. The summed E-state index contributed by atoms with van der Waals surface area (Å²) in [5.41, 5.74) is 1.56. The van der Waals surface area contributed by atoms with Crippen LogP contribution in [0.1, 0.15) is 20.8 Å². The van der Waals surface area contributed by atoms with E-state index in [2.05, 4.69) is 15.3 Å². The molecule has 4 rings (SSSR count). The smallest absolute Gasteiger partial charge is 0.335 e. The van der Waals surface area contributed by atoms with E-state index < -0.39 is 10.9 Å². The number of hydrogen-bond acceptors (Lipinski definition) is 7. The monoisotopic (exact) mass is 454 g/mol. The van der Waals surface area contributed by atoms with Crippen molar-refractivity contribution in [1.82, 2.24) is 9.97 Å². The summed E-state index contributed by atoms with van der Waals surface area (Å²) >= 11 is 7.92. The average Bonchev–Trinajstić information content (AvgIpc) is 3.05. The Morgan fingerprint density at radius 2 is 1.97 bits per heavy atom. The van der Waals surface area contributed by atoms with Crippen molar-refractivity contribution < 1.29 is 14.8 Å². The molecule has 0 bridgehead atoms. The van der Waals surface area contributed by atoms with Gasteiger partial charge in [-0.3, -0.25) is 10.1 Å². The van der Waals surface area contributed by atoms with Crippen LogP contribution in [-0.4, -0.2) is 26.0 Å². The van der Waals surface area contributed by atoms with Gasteiger partial charge in [0.2, 0.25) is 0 Å². The Morgan fingerprint density at radius 1 is 1.23 bits per heavy atom. The fraction of sp³-hybridized carbons (Fsp3) is 0.0952. The van der Waals surface area contributed by atoms with Crippen LogP contribution in [0.5, 0.6) is 0 Å². The second-order valence-electron chi connectivity index (χ2n) is 6.71. The summed E-state index contributed by atoms with van der Waals surface area (Å²) < 4.78 is 0. The van der Waals surface area contributed by atoms with Crippen LogP contribution in [0.2, 0.25) is 5.02 Å². The molecule has 2 aromatic carbocycles. The van der Waals surface area contributed by atoms with Gasteiger partial charge in [0.15, 0.2) is 5.82 Å². The maximum atomic E-state index is 11.1. The Kier molecular flexibility index (Phi) is 5.53. The highest BCUT2D eigenvalue weighted by molar-refractivity contribution is 7.19. The maximum absolute atomic E-state index is 11.1. The van der Waals surface area contributed by atoms with Crippen molar-refractivity contribution in [2.24, 2.45) is 0 Å². The number of fused-ring (bicyclic) bond motifs is 1. The lowest BCUT2D eigenvalue weighted by Crippen LogP contribution is -2.04. The predicted octanol–water partition coefficient (Wildman–Crippen LogP) is 5.54. The summed E-state index contributed by atoms with van der Waals surface area (Å²) in [4.78, 5) is 32.5. The highest BCUT2D eigenvalue weighted by Crippen LogP contribution is 2.38. The number of carboxylic acid groups (broad SMARTS) is 1. The van der Waals surface area contributed by atoms with Gasteiger partial charge in [-0.2, -0.15) is 0 Å². The van der Waals surface area contributed by atoms with Crippen molar-refractivity contribution in [3.8, 4) is 11.4 Å². The van der Waals surface area contributed by atoms with Crippen LogP contribution in [-0.2, 0) is 6.54 Å². The number of nitro benzene ring substituents is 1. The Morgan fingerprint density at radius 3 is 2.65 bits per heavy atom. The molecule has 0 fully saturated rings. The molecule has 0 spiro atoms. The summed E-state index contributed by atoms with van der Waals surface area (Å²) in [7, 11) is 0. The first-order chi connectivity index (χ1) is 14.8. The van der Waals surface area contributed by atoms with Gasteiger partial charge in [-0.05, 0) is 24.6 Å². The van der Waals surface area contributed by atoms with E-state index in [1.165, 1.54) is 35.6 Å². The number of aryl methyl sites for hydroxylation is 1. The molecule has 156 valence electrons. The Bertz CT molecular complexity index is 1320. The van der Waals surface area contributed by atoms with Crippen molar-refractivity contribution >= 4 is 50.6 Å². The van der Waals surface area contributed by atoms with E-state index in [9.17, 15) is 14.9 Å². The first-order valence-corrected chi connectivity index (χ1v) is 10.3. The molecule has 2 N–H and O–H groups in total. The number of aromatic nitrogens is 2. The average molecular weight is 455 g/mol. The van der Waals surface area contributed by atoms with Crippen molar-refractivity contribution in [2.75, 3.05) is 5.32 Å². The summed E-state index contributed by atoms with van der Waals surface area (Å²) in [6.07, 6.45) is 0. The van der Waals surface area contributed by atoms with Gasteiger partial charge in [0.05, 0.1) is 20.9 Å². The van der Waals surface area contributed by atoms with Crippen LogP contribution in [0.4, 0.5) is 11.5 Å². The van der Waals surface area contributed by atoms with Gasteiger partial charge in [-0.1, -0.05) is 35.9 Å². The first kappa shape index (κ1) is 20.7. The number of hydrogen-bond donors (Lipinski definition) is 2. The number of halogens is 1. The van der Waals surface area contributed by atoms with E-state index in [0.717, 1.165) is 10.4 Å². The molecule has 10 heteroatoms. The molecule has 31 heavy (non-hydrogen) atoms. The first-order valence-electron chi connectivity index (χ1n) is 9.11. The van der Waals surface area contributed by atoms with Crippen molar-refractivity contribution in [3.05, 3.63) is 79.7 Å². The fourth-order valence-electron chi connectivity index (χ4n) is 3.06. The fourth-order valence-corrected chi connectivity index (χ4v) is 4.33. The van der Waals surface area contributed by atoms with E-state index >= 15 is 0 Å². The molecule has 2 heterocycles. The predicted molar refractivity (Wildman–Crippen MR) is 120 cm³/mol. The standard InChI is InChI=1S/C21H15ClN4O4S/c1-11-17(22)16-19(23-10-12-3-2-4-15(9-12)26(29)30)24-18(25-20(16)31-11)13-5-7-14(8-6-13)21(27)28/h2-9H,10H2,1H3,(H,27,28)(H,23,24,25). The summed E-state index contributed by atoms with van der Waals surface area (Å²) in [5.74, 6) is -0.0880. The molecule has 0 saturated carbocycles. The quantitative estimate of drug-likeness (QED) is 0.290. The lowest BCUT2D eigenvalue weighted by atomic mass is 10.1. The maximum Gasteiger partial charge on any atom is 0.335 e. The van der Waals surface area contributed by atoms with Gasteiger partial charge in [0.25, 0.3) is 5.69 Å². The number of carbonyl (C=O) groups is 1. The van der Waals surface area contributed by atoms with Crippen molar-refractivity contribution in [2.45, 2.75) is 13.5 Å². The molecule has 0 atom stereocenters. The highest BCUT2D eigenvalue weighted by Gasteiger charge is 2.17. The molecule has 2 aromatic heterocycles. The van der Waals surface area contributed by atoms with Crippen LogP contribution in [0.25, 0.3) is 21.6 Å². The SMILES string of the molecule is Cc1sc2nc(-c3ccc(C(=O)O)cc3)nc(NCc3cccc([N+](=O)[O-])c3)c2c1Cl. The number of benzene rings is 2. The molecular formula is C21H15ClN4O4S. The lowest BCUT2D eigenvalue weighted by molar-refractivity contribution is -0.384. The number of carboxylic acids is 1. The van der Waals surface area contributed by atoms with E-state index in [1.807, 2.05) is 6.92 Å². The zero-order valence-electron chi connectivity index (χ0n) is 16.1. The molecular weight excluding hydrogens is 440 g/mol. The lowest BCUT2D eigenvalue weighted by Gasteiger charge is -2.10. The Hall–Kier alpha value is -3.56. The highest BCUT2D eigenvalue weighted by atomic mass is 35.5. The van der Waals surface area contributed by atoms with Crippen LogP contribution < -0.4 is 5.32 Å². The molecule has 0 unspecified atom stereocenters. The third-order valence-corrected chi connectivity index (χ3v) is 6.21. The van der Waals surface area contributed by atoms with Crippen LogP contribution >= 0.6 is 22.9 Å². The molecule has 4 aromatic rings. The largest absolute Gasteiger partial charge is 0.478 e. The molecule has 0 amide bonds. The van der Waals surface area contributed by atoms with Gasteiger partial charge in [0, 0.05) is 29.1 Å². The number of non-ortho nitro benzene ring substituents is 1. The van der Waals surface area contributed by atoms with Crippen molar-refractivity contribution in [3.63, 3.8) is 0 Å². The van der Waals surface area contributed by atoms with E-state index in [1.54, 1.807) is 24.3 Å². The number of nitro groups is 1. The molecule has 0 aliphatic carbocycles. The zero-order chi connectivity index (χ0) is 22.1. The third kappa shape index (κ3) is 4.18.